The van der Waals surface area contributed by atoms with Crippen molar-refractivity contribution in [3.63, 3.8) is 0 Å². The van der Waals surface area contributed by atoms with Gasteiger partial charge < -0.3 is 0 Å². The molecule has 0 heterocycles. The van der Waals surface area contributed by atoms with Gasteiger partial charge in [-0.3, -0.25) is 0 Å². The molecule has 0 saturated carbocycles. The Morgan fingerprint density at radius 3 is 1.00 bits per heavy atom. The van der Waals surface area contributed by atoms with Gasteiger partial charge in [0.1, 0.15) is 0 Å². The van der Waals surface area contributed by atoms with E-state index in [4.69, 9.17) is 0 Å². The molecule has 13 rings (SSSR count). The van der Waals surface area contributed by atoms with Crippen molar-refractivity contribution >= 4 is 11.1 Å². The first-order valence-electron chi connectivity index (χ1n) is 25.8. The molecule has 0 fully saturated rings. The third-order valence-electron chi connectivity index (χ3n) is 15.1. The normalized spacial score (nSPS) is 13.3. The van der Waals surface area contributed by atoms with E-state index in [1.807, 2.05) is 0 Å². The molecule has 0 heteroatoms. The highest BCUT2D eigenvalue weighted by Crippen LogP contribution is 2.58. The highest BCUT2D eigenvalue weighted by atomic mass is 14.5. The van der Waals surface area contributed by atoms with E-state index in [9.17, 15) is 0 Å². The lowest BCUT2D eigenvalue weighted by Gasteiger charge is -2.35. The number of hydrogen-bond donors (Lipinski definition) is 0. The van der Waals surface area contributed by atoms with Gasteiger partial charge in [0.15, 0.2) is 0 Å². The van der Waals surface area contributed by atoms with E-state index in [-0.39, 0.29) is 0 Å². The van der Waals surface area contributed by atoms with E-state index in [1.165, 1.54) is 122 Å². The van der Waals surface area contributed by atoms with Crippen molar-refractivity contribution in [1.82, 2.24) is 0 Å². The minimum Gasteiger partial charge on any atom is -0.0801 e. The standard InChI is InChI=1S/C74H52/c1-5-22-52(23-6-1)56-30-13-14-31-60(42-56)64-46-65(61-35-19-32-57(43-61)53-24-7-2-8-25-53)49-68(48-64)74(72-40-17-15-38-70(72)71-39-16-18-41-73(71)74)69-50-66(62-36-20-33-58(44-62)54-26-9-3-10-27-54)47-67(51-69)63-37-21-34-59(45-63)55-28-11-4-12-29-55/h1-12,14-51H,13H2. The van der Waals surface area contributed by atoms with Crippen LogP contribution < -0.4 is 0 Å². The molecule has 0 radical (unpaired) electrons. The summed E-state index contributed by atoms with van der Waals surface area (Å²) in [6.45, 7) is 0. The van der Waals surface area contributed by atoms with Crippen molar-refractivity contribution in [2.75, 3.05) is 0 Å². The van der Waals surface area contributed by atoms with Crippen LogP contribution >= 0.6 is 0 Å². The molecule has 0 atom stereocenters. The van der Waals surface area contributed by atoms with Gasteiger partial charge in [0.05, 0.1) is 5.41 Å². The summed E-state index contributed by atoms with van der Waals surface area (Å²) in [5, 5.41) is 0. The molecular weight excluding hydrogens is 889 g/mol. The third kappa shape index (κ3) is 8.27. The summed E-state index contributed by atoms with van der Waals surface area (Å²) in [6.07, 6.45) is 10.2. The van der Waals surface area contributed by atoms with Crippen molar-refractivity contribution < 1.29 is 0 Å². The van der Waals surface area contributed by atoms with Gasteiger partial charge >= 0.3 is 0 Å². The molecule has 348 valence electrons. The van der Waals surface area contributed by atoms with Crippen LogP contribution in [0.5, 0.6) is 0 Å². The molecule has 0 bridgehead atoms. The Morgan fingerprint density at radius 2 is 0.568 bits per heavy atom. The van der Waals surface area contributed by atoms with Crippen molar-refractivity contribution in [2.24, 2.45) is 0 Å². The molecular formula is C74H52. The largest absolute Gasteiger partial charge is 0.0801 e. The molecule has 0 N–H and O–H groups in total. The third-order valence-corrected chi connectivity index (χ3v) is 15.1. The molecule has 0 aliphatic heterocycles. The van der Waals surface area contributed by atoms with Gasteiger partial charge in [0.25, 0.3) is 0 Å². The van der Waals surface area contributed by atoms with Crippen LogP contribution in [0.2, 0.25) is 0 Å². The van der Waals surface area contributed by atoms with Gasteiger partial charge in [-0.1, -0.05) is 243 Å². The monoisotopic (exact) mass is 940 g/mol. The fraction of sp³-hybridized carbons (Fsp3) is 0.0270. The summed E-state index contributed by atoms with van der Waals surface area (Å²) >= 11 is 0. The Kier molecular flexibility index (Phi) is 11.6. The minimum absolute atomic E-state index is 0.735. The fourth-order valence-corrected chi connectivity index (χ4v) is 11.6. The average Bonchev–Trinajstić information content (AvgIpc) is 3.68. The lowest BCUT2D eigenvalue weighted by Crippen LogP contribution is -2.29. The Bertz CT molecular complexity index is 3800. The summed E-state index contributed by atoms with van der Waals surface area (Å²) in [6, 6.07) is 103. The van der Waals surface area contributed by atoms with E-state index in [0.717, 1.165) is 6.42 Å². The van der Waals surface area contributed by atoms with Crippen LogP contribution in [0.3, 0.4) is 0 Å². The smallest absolute Gasteiger partial charge is 0.0714 e. The fourth-order valence-electron chi connectivity index (χ4n) is 11.6. The zero-order valence-electron chi connectivity index (χ0n) is 41.1. The van der Waals surface area contributed by atoms with Crippen LogP contribution in [0.4, 0.5) is 0 Å². The predicted molar refractivity (Wildman–Crippen MR) is 313 cm³/mol. The summed E-state index contributed by atoms with van der Waals surface area (Å²) in [5.74, 6) is 0. The number of allylic oxidation sites excluding steroid dienone is 6. The molecule has 11 aromatic carbocycles. The first kappa shape index (κ1) is 44.6. The van der Waals surface area contributed by atoms with Crippen molar-refractivity contribution in [3.05, 3.63) is 337 Å². The van der Waals surface area contributed by atoms with Crippen LogP contribution in [0.15, 0.2) is 303 Å². The lowest BCUT2D eigenvalue weighted by molar-refractivity contribution is 0.769. The number of rotatable bonds is 10. The molecule has 2 aliphatic carbocycles. The topological polar surface area (TPSA) is 0 Å². The quantitative estimate of drug-likeness (QED) is 0.128. The Labute approximate surface area is 435 Å². The Balaban J connectivity index is 1.12. The molecule has 2 aliphatic rings. The maximum Gasteiger partial charge on any atom is 0.0714 e. The Hall–Kier alpha value is -9.36. The van der Waals surface area contributed by atoms with Crippen LogP contribution in [0.1, 0.15) is 39.8 Å². The maximum absolute atomic E-state index is 2.51. The van der Waals surface area contributed by atoms with Crippen molar-refractivity contribution in [3.8, 4) is 77.9 Å². The first-order chi connectivity index (χ1) is 36.7. The van der Waals surface area contributed by atoms with Crippen molar-refractivity contribution in [1.29, 1.82) is 0 Å². The van der Waals surface area contributed by atoms with Crippen LogP contribution in [0, 0.1) is 0 Å². The van der Waals surface area contributed by atoms with Gasteiger partial charge in [-0.2, -0.15) is 0 Å². The van der Waals surface area contributed by atoms with E-state index in [0.29, 0.717) is 0 Å². The molecule has 0 unspecified atom stereocenters. The molecule has 11 aromatic rings. The lowest BCUT2D eigenvalue weighted by atomic mass is 9.66. The predicted octanol–water partition coefficient (Wildman–Crippen LogP) is 19.5. The zero-order chi connectivity index (χ0) is 49.3. The summed E-state index contributed by atoms with van der Waals surface area (Å²) in [4.78, 5) is 0. The van der Waals surface area contributed by atoms with Crippen LogP contribution in [-0.2, 0) is 5.41 Å². The molecule has 74 heavy (non-hydrogen) atoms. The van der Waals surface area contributed by atoms with Gasteiger partial charge in [-0.25, -0.2) is 0 Å². The minimum atomic E-state index is -0.735. The van der Waals surface area contributed by atoms with E-state index in [1.54, 1.807) is 0 Å². The Morgan fingerprint density at radius 1 is 0.243 bits per heavy atom. The molecule has 0 aromatic heterocycles. The van der Waals surface area contributed by atoms with E-state index < -0.39 is 5.41 Å². The zero-order valence-corrected chi connectivity index (χ0v) is 41.1. The number of hydrogen-bond acceptors (Lipinski definition) is 0. The summed E-state index contributed by atoms with van der Waals surface area (Å²) < 4.78 is 0. The van der Waals surface area contributed by atoms with E-state index >= 15 is 0 Å². The highest BCUT2D eigenvalue weighted by Gasteiger charge is 2.46. The molecule has 0 nitrogen and oxygen atoms in total. The van der Waals surface area contributed by atoms with Crippen LogP contribution in [0.25, 0.3) is 89.0 Å². The first-order valence-corrected chi connectivity index (χ1v) is 25.8. The van der Waals surface area contributed by atoms with Gasteiger partial charge in [0, 0.05) is 0 Å². The number of benzene rings is 11. The molecule has 0 spiro atoms. The second kappa shape index (κ2) is 19.3. The van der Waals surface area contributed by atoms with Gasteiger partial charge in [0.2, 0.25) is 0 Å². The summed E-state index contributed by atoms with van der Waals surface area (Å²) in [5.41, 5.74) is 25.7. The van der Waals surface area contributed by atoms with Gasteiger partial charge in [-0.05, 0) is 190 Å². The van der Waals surface area contributed by atoms with Crippen LogP contribution in [-0.4, -0.2) is 0 Å². The summed E-state index contributed by atoms with van der Waals surface area (Å²) in [7, 11) is 0. The van der Waals surface area contributed by atoms with Crippen molar-refractivity contribution in [2.45, 2.75) is 11.8 Å². The second-order valence-electron chi connectivity index (χ2n) is 19.5. The molecule has 0 amide bonds. The highest BCUT2D eigenvalue weighted by molar-refractivity contribution is 5.93. The van der Waals surface area contributed by atoms with E-state index in [2.05, 4.69) is 303 Å². The maximum atomic E-state index is 2.51. The van der Waals surface area contributed by atoms with Gasteiger partial charge in [-0.15, -0.1) is 0 Å². The number of fused-ring (bicyclic) bond motifs is 3. The second-order valence-corrected chi connectivity index (χ2v) is 19.5. The average molecular weight is 941 g/mol. The SMILES string of the molecule is C1=CC(c2cc(-c3cccc(-c4ccccc4)c3)cc(C3(c4cc(-c5cccc(-c6ccccc6)c5)cc(-c5cccc(-c6ccccc6)c5)c4)c4ccccc4-c4ccccc43)c2)=CC(c2ccccc2)=CC1. The molecule has 0 saturated heterocycles.